The SMILES string of the molecule is CCCNC(=O)CON=C1CCC2(CC1)OCCO2. The molecule has 19 heavy (non-hydrogen) atoms. The van der Waals surface area contributed by atoms with Crippen molar-refractivity contribution in [2.24, 2.45) is 5.16 Å². The van der Waals surface area contributed by atoms with Crippen molar-refractivity contribution in [1.82, 2.24) is 5.32 Å². The quantitative estimate of drug-likeness (QED) is 0.762. The molecule has 0 unspecified atom stereocenters. The van der Waals surface area contributed by atoms with E-state index in [9.17, 15) is 4.79 Å². The number of nitrogens with zero attached hydrogens (tertiary/aromatic N) is 1. The molecule has 2 aliphatic rings. The van der Waals surface area contributed by atoms with E-state index in [-0.39, 0.29) is 18.3 Å². The summed E-state index contributed by atoms with van der Waals surface area (Å²) >= 11 is 0. The zero-order valence-electron chi connectivity index (χ0n) is 11.4. The van der Waals surface area contributed by atoms with Crippen molar-refractivity contribution in [2.75, 3.05) is 26.4 Å². The molecule has 0 aromatic heterocycles. The maximum atomic E-state index is 11.3. The molecule has 1 aliphatic carbocycles. The summed E-state index contributed by atoms with van der Waals surface area (Å²) in [5, 5.41) is 6.77. The summed E-state index contributed by atoms with van der Waals surface area (Å²) in [6.07, 6.45) is 4.16. The lowest BCUT2D eigenvalue weighted by Gasteiger charge is -2.31. The van der Waals surface area contributed by atoms with Gasteiger partial charge in [0, 0.05) is 19.4 Å². The molecule has 1 heterocycles. The van der Waals surface area contributed by atoms with E-state index in [1.165, 1.54) is 0 Å². The van der Waals surface area contributed by atoms with Gasteiger partial charge in [-0.3, -0.25) is 4.79 Å². The maximum absolute atomic E-state index is 11.3. The molecule has 1 aliphatic heterocycles. The molecule has 0 aromatic rings. The average molecular weight is 270 g/mol. The second-order valence-corrected chi connectivity index (χ2v) is 4.89. The first-order valence-corrected chi connectivity index (χ1v) is 6.96. The number of hydrogen-bond acceptors (Lipinski definition) is 5. The van der Waals surface area contributed by atoms with Gasteiger partial charge in [0.15, 0.2) is 12.4 Å². The van der Waals surface area contributed by atoms with Crippen LogP contribution in [-0.2, 0) is 19.1 Å². The van der Waals surface area contributed by atoms with E-state index in [1.807, 2.05) is 6.92 Å². The van der Waals surface area contributed by atoms with Crippen LogP contribution >= 0.6 is 0 Å². The standard InChI is InChI=1S/C13H22N2O4/c1-2-7-14-12(16)10-19-15-11-3-5-13(6-4-11)17-8-9-18-13/h2-10H2,1H3,(H,14,16). The second-order valence-electron chi connectivity index (χ2n) is 4.89. The summed E-state index contributed by atoms with van der Waals surface area (Å²) in [5.41, 5.74) is 0.980. The van der Waals surface area contributed by atoms with Crippen molar-refractivity contribution >= 4 is 11.6 Å². The largest absolute Gasteiger partial charge is 0.386 e. The van der Waals surface area contributed by atoms with Crippen LogP contribution in [0.5, 0.6) is 0 Å². The van der Waals surface area contributed by atoms with Crippen LogP contribution in [0.15, 0.2) is 5.16 Å². The van der Waals surface area contributed by atoms with Gasteiger partial charge in [-0.15, -0.1) is 0 Å². The number of amides is 1. The molecule has 0 bridgehead atoms. The van der Waals surface area contributed by atoms with E-state index < -0.39 is 0 Å². The Balaban J connectivity index is 1.66. The molecule has 0 aromatic carbocycles. The summed E-state index contributed by atoms with van der Waals surface area (Å²) in [6.45, 7) is 4.03. The normalized spacial score (nSPS) is 21.4. The molecule has 1 N–H and O–H groups in total. The van der Waals surface area contributed by atoms with Gasteiger partial charge in [0.05, 0.1) is 18.9 Å². The lowest BCUT2D eigenvalue weighted by Crippen LogP contribution is -2.35. The monoisotopic (exact) mass is 270 g/mol. The van der Waals surface area contributed by atoms with Gasteiger partial charge in [-0.05, 0) is 19.3 Å². The lowest BCUT2D eigenvalue weighted by atomic mass is 9.92. The molecule has 0 atom stereocenters. The van der Waals surface area contributed by atoms with Gasteiger partial charge in [-0.2, -0.15) is 0 Å². The number of nitrogens with one attached hydrogen (secondary N) is 1. The van der Waals surface area contributed by atoms with Gasteiger partial charge in [0.2, 0.25) is 0 Å². The third kappa shape index (κ3) is 4.18. The number of hydrogen-bond donors (Lipinski definition) is 1. The van der Waals surface area contributed by atoms with Crippen LogP contribution in [0.3, 0.4) is 0 Å². The van der Waals surface area contributed by atoms with Gasteiger partial charge in [0.1, 0.15) is 0 Å². The van der Waals surface area contributed by atoms with Crippen molar-refractivity contribution in [3.05, 3.63) is 0 Å². The number of ether oxygens (including phenoxy) is 2. The van der Waals surface area contributed by atoms with Crippen molar-refractivity contribution in [3.8, 4) is 0 Å². The molecule has 1 spiro atoms. The number of carbonyl (C=O) groups is 1. The highest BCUT2D eigenvalue weighted by molar-refractivity contribution is 5.85. The number of oxime groups is 1. The molecular weight excluding hydrogens is 248 g/mol. The van der Waals surface area contributed by atoms with Gasteiger partial charge in [-0.1, -0.05) is 12.1 Å². The minimum Gasteiger partial charge on any atom is -0.386 e. The minimum absolute atomic E-state index is 0.0123. The Bertz CT molecular complexity index is 326. The molecule has 6 nitrogen and oxygen atoms in total. The predicted molar refractivity (Wildman–Crippen MR) is 69.8 cm³/mol. The topological polar surface area (TPSA) is 69.2 Å². The van der Waals surface area contributed by atoms with E-state index in [0.717, 1.165) is 37.8 Å². The van der Waals surface area contributed by atoms with E-state index in [4.69, 9.17) is 14.3 Å². The zero-order chi connectivity index (χ0) is 13.6. The predicted octanol–water partition coefficient (Wildman–Crippen LogP) is 1.20. The van der Waals surface area contributed by atoms with Crippen molar-refractivity contribution < 1.29 is 19.1 Å². The van der Waals surface area contributed by atoms with Crippen LogP contribution in [0.1, 0.15) is 39.0 Å². The fourth-order valence-corrected chi connectivity index (χ4v) is 2.29. The van der Waals surface area contributed by atoms with Crippen LogP contribution in [-0.4, -0.2) is 43.8 Å². The molecule has 1 saturated heterocycles. The lowest BCUT2D eigenvalue weighted by molar-refractivity contribution is -0.168. The summed E-state index contributed by atoms with van der Waals surface area (Å²) in [4.78, 5) is 16.4. The van der Waals surface area contributed by atoms with Crippen molar-refractivity contribution in [2.45, 2.75) is 44.8 Å². The maximum Gasteiger partial charge on any atom is 0.260 e. The summed E-state index contributed by atoms with van der Waals surface area (Å²) in [5.74, 6) is -0.502. The van der Waals surface area contributed by atoms with Crippen LogP contribution in [0.25, 0.3) is 0 Å². The van der Waals surface area contributed by atoms with E-state index in [1.54, 1.807) is 0 Å². The van der Waals surface area contributed by atoms with Crippen LogP contribution in [0, 0.1) is 0 Å². The first-order chi connectivity index (χ1) is 9.24. The highest BCUT2D eigenvalue weighted by Gasteiger charge is 2.39. The van der Waals surface area contributed by atoms with Gasteiger partial charge in [-0.25, -0.2) is 0 Å². The Morgan fingerprint density at radius 1 is 1.37 bits per heavy atom. The average Bonchev–Trinajstić information content (AvgIpc) is 2.87. The third-order valence-electron chi connectivity index (χ3n) is 3.36. The smallest absolute Gasteiger partial charge is 0.260 e. The highest BCUT2D eigenvalue weighted by Crippen LogP contribution is 2.34. The number of rotatable bonds is 5. The molecule has 2 fully saturated rings. The van der Waals surface area contributed by atoms with Crippen LogP contribution < -0.4 is 5.32 Å². The first-order valence-electron chi connectivity index (χ1n) is 6.96. The molecule has 1 amide bonds. The van der Waals surface area contributed by atoms with Gasteiger partial charge < -0.3 is 19.6 Å². The van der Waals surface area contributed by atoms with Gasteiger partial charge in [0.25, 0.3) is 5.91 Å². The van der Waals surface area contributed by atoms with Gasteiger partial charge >= 0.3 is 0 Å². The molecule has 1 saturated carbocycles. The van der Waals surface area contributed by atoms with E-state index in [0.29, 0.717) is 19.8 Å². The fraction of sp³-hybridized carbons (Fsp3) is 0.846. The number of carbonyl (C=O) groups excluding carboxylic acids is 1. The Morgan fingerprint density at radius 3 is 2.68 bits per heavy atom. The summed E-state index contributed by atoms with van der Waals surface area (Å²) < 4.78 is 11.3. The van der Waals surface area contributed by atoms with Crippen LogP contribution in [0.2, 0.25) is 0 Å². The minimum atomic E-state index is -0.377. The van der Waals surface area contributed by atoms with Crippen molar-refractivity contribution in [3.63, 3.8) is 0 Å². The zero-order valence-corrected chi connectivity index (χ0v) is 11.4. The Morgan fingerprint density at radius 2 is 2.05 bits per heavy atom. The fourth-order valence-electron chi connectivity index (χ4n) is 2.29. The molecule has 2 rings (SSSR count). The first kappa shape index (κ1) is 14.3. The highest BCUT2D eigenvalue weighted by atomic mass is 16.7. The Kier molecular flexibility index (Phi) is 5.15. The van der Waals surface area contributed by atoms with Crippen molar-refractivity contribution in [1.29, 1.82) is 0 Å². The molecule has 0 radical (unpaired) electrons. The van der Waals surface area contributed by atoms with E-state index in [2.05, 4.69) is 10.5 Å². The van der Waals surface area contributed by atoms with Crippen LogP contribution in [0.4, 0.5) is 0 Å². The third-order valence-corrected chi connectivity index (χ3v) is 3.36. The summed E-state index contributed by atoms with van der Waals surface area (Å²) in [6, 6.07) is 0. The molecular formula is C13H22N2O4. The molecule has 108 valence electrons. The Labute approximate surface area is 113 Å². The Hall–Kier alpha value is -1.14. The summed E-state index contributed by atoms with van der Waals surface area (Å²) in [7, 11) is 0. The molecule has 6 heteroatoms. The second kappa shape index (κ2) is 6.86. The van der Waals surface area contributed by atoms with E-state index >= 15 is 0 Å².